The van der Waals surface area contributed by atoms with Gasteiger partial charge in [0.25, 0.3) is 0 Å². The van der Waals surface area contributed by atoms with Crippen molar-refractivity contribution in [2.45, 2.75) is 0 Å². The van der Waals surface area contributed by atoms with Gasteiger partial charge in [-0.3, -0.25) is 14.9 Å². The number of carbonyl (C=O) groups is 2. The summed E-state index contributed by atoms with van der Waals surface area (Å²) in [5, 5.41) is 3.06. The van der Waals surface area contributed by atoms with Crippen LogP contribution in [0.5, 0.6) is 0 Å². The number of carbonyl (C=O) groups excluding carboxylic acids is 2. The highest BCUT2D eigenvalue weighted by Gasteiger charge is 2.25. The lowest BCUT2D eigenvalue weighted by atomic mass is 10.2. The summed E-state index contributed by atoms with van der Waals surface area (Å²) in [6, 6.07) is 5.04. The number of rotatable bonds is 1. The summed E-state index contributed by atoms with van der Waals surface area (Å²) in [6.45, 7) is 0.157. The molecule has 84 valence electrons. The van der Waals surface area contributed by atoms with Crippen LogP contribution in [0.4, 0.5) is 5.69 Å². The Morgan fingerprint density at radius 2 is 1.56 bits per heavy atom. The molecule has 0 bridgehead atoms. The average Bonchev–Trinajstić information content (AvgIpc) is 2.15. The standard InChI is InChI=1S/C10H8Cl2N2O2/c11-6-2-1-3-7(12)10(6)14-4-8(15)13-9(16)5-14/h1-3H,4-5H2,(H,13,15,16). The van der Waals surface area contributed by atoms with E-state index in [0.717, 1.165) is 0 Å². The second kappa shape index (κ2) is 4.31. The Labute approximate surface area is 102 Å². The maximum atomic E-state index is 11.2. The number of hydrogen-bond acceptors (Lipinski definition) is 3. The van der Waals surface area contributed by atoms with Gasteiger partial charge in [-0.1, -0.05) is 29.3 Å². The zero-order valence-corrected chi connectivity index (χ0v) is 9.68. The number of benzene rings is 1. The van der Waals surface area contributed by atoms with E-state index in [1.54, 1.807) is 23.1 Å². The van der Waals surface area contributed by atoms with Gasteiger partial charge in [0.05, 0.1) is 28.8 Å². The summed E-state index contributed by atoms with van der Waals surface area (Å²) in [7, 11) is 0. The highest BCUT2D eigenvalue weighted by Crippen LogP contribution is 2.33. The molecular weight excluding hydrogens is 251 g/mol. The van der Waals surface area contributed by atoms with Crippen LogP contribution in [0.3, 0.4) is 0 Å². The fourth-order valence-electron chi connectivity index (χ4n) is 1.59. The lowest BCUT2D eigenvalue weighted by Gasteiger charge is -2.28. The van der Waals surface area contributed by atoms with E-state index < -0.39 is 0 Å². The maximum Gasteiger partial charge on any atom is 0.246 e. The van der Waals surface area contributed by atoms with E-state index in [1.165, 1.54) is 0 Å². The van der Waals surface area contributed by atoms with Crippen molar-refractivity contribution in [3.05, 3.63) is 28.2 Å². The van der Waals surface area contributed by atoms with Crippen LogP contribution in [-0.2, 0) is 9.59 Å². The molecule has 0 spiro atoms. The SMILES string of the molecule is O=C1CN(c2c(Cl)cccc2Cl)CC(=O)N1. The number of piperazine rings is 1. The molecule has 0 saturated carbocycles. The van der Waals surface area contributed by atoms with E-state index in [0.29, 0.717) is 15.7 Å². The summed E-state index contributed by atoms with van der Waals surface area (Å²) in [5.74, 6) is -0.709. The van der Waals surface area contributed by atoms with Gasteiger partial charge in [0, 0.05) is 0 Å². The summed E-state index contributed by atoms with van der Waals surface area (Å²) in [6.07, 6.45) is 0. The Bertz CT molecular complexity index is 426. The molecule has 0 unspecified atom stereocenters. The highest BCUT2D eigenvalue weighted by molar-refractivity contribution is 6.39. The molecule has 0 aromatic heterocycles. The number of hydrogen-bond donors (Lipinski definition) is 1. The quantitative estimate of drug-likeness (QED) is 0.776. The van der Waals surface area contributed by atoms with Gasteiger partial charge in [-0.05, 0) is 12.1 Å². The topological polar surface area (TPSA) is 49.4 Å². The number of imide groups is 1. The molecule has 1 N–H and O–H groups in total. The van der Waals surface area contributed by atoms with Gasteiger partial charge in [-0.2, -0.15) is 0 Å². The second-order valence-electron chi connectivity index (χ2n) is 3.40. The second-order valence-corrected chi connectivity index (χ2v) is 4.21. The maximum absolute atomic E-state index is 11.2. The molecule has 1 aromatic carbocycles. The van der Waals surface area contributed by atoms with Gasteiger partial charge in [-0.15, -0.1) is 0 Å². The molecule has 1 aliphatic heterocycles. The van der Waals surface area contributed by atoms with Gasteiger partial charge < -0.3 is 4.90 Å². The van der Waals surface area contributed by atoms with Crippen LogP contribution in [0, 0.1) is 0 Å². The molecule has 1 saturated heterocycles. The molecule has 1 fully saturated rings. The van der Waals surface area contributed by atoms with Crippen LogP contribution in [-0.4, -0.2) is 24.9 Å². The zero-order chi connectivity index (χ0) is 11.7. The zero-order valence-electron chi connectivity index (χ0n) is 8.17. The van der Waals surface area contributed by atoms with Crippen molar-refractivity contribution < 1.29 is 9.59 Å². The Kier molecular flexibility index (Phi) is 3.03. The predicted octanol–water partition coefficient (Wildman–Crippen LogP) is 1.46. The first kappa shape index (κ1) is 11.2. The highest BCUT2D eigenvalue weighted by atomic mass is 35.5. The van der Waals surface area contributed by atoms with E-state index >= 15 is 0 Å². The monoisotopic (exact) mass is 258 g/mol. The van der Waals surface area contributed by atoms with E-state index in [2.05, 4.69) is 5.32 Å². The largest absolute Gasteiger partial charge is 0.350 e. The van der Waals surface area contributed by atoms with E-state index in [-0.39, 0.29) is 24.9 Å². The Morgan fingerprint density at radius 3 is 2.06 bits per heavy atom. The lowest BCUT2D eigenvalue weighted by Crippen LogP contribution is -2.51. The molecule has 4 nitrogen and oxygen atoms in total. The average molecular weight is 259 g/mol. The minimum Gasteiger partial charge on any atom is -0.350 e. The minimum absolute atomic E-state index is 0.0786. The van der Waals surface area contributed by atoms with Crippen LogP contribution in [0.15, 0.2) is 18.2 Å². The molecule has 0 aliphatic carbocycles. The van der Waals surface area contributed by atoms with Crippen molar-refractivity contribution in [1.29, 1.82) is 0 Å². The Balaban J connectivity index is 2.36. The number of halogens is 2. The number of para-hydroxylation sites is 1. The van der Waals surface area contributed by atoms with Crippen molar-refractivity contribution in [2.75, 3.05) is 18.0 Å². The fourth-order valence-corrected chi connectivity index (χ4v) is 2.22. The molecule has 2 amide bonds. The molecule has 2 rings (SSSR count). The van der Waals surface area contributed by atoms with E-state index in [4.69, 9.17) is 23.2 Å². The predicted molar refractivity (Wildman–Crippen MR) is 61.8 cm³/mol. The summed E-state index contributed by atoms with van der Waals surface area (Å²) in [4.78, 5) is 24.0. The molecule has 0 atom stereocenters. The first-order chi connectivity index (χ1) is 7.58. The van der Waals surface area contributed by atoms with Crippen LogP contribution >= 0.6 is 23.2 Å². The van der Waals surface area contributed by atoms with Gasteiger partial charge >= 0.3 is 0 Å². The molecule has 16 heavy (non-hydrogen) atoms. The Morgan fingerprint density at radius 1 is 1.06 bits per heavy atom. The van der Waals surface area contributed by atoms with Crippen molar-refractivity contribution >= 4 is 40.7 Å². The minimum atomic E-state index is -0.354. The van der Waals surface area contributed by atoms with Crippen molar-refractivity contribution in [1.82, 2.24) is 5.32 Å². The number of anilines is 1. The van der Waals surface area contributed by atoms with Crippen LogP contribution < -0.4 is 10.2 Å². The van der Waals surface area contributed by atoms with Crippen molar-refractivity contribution in [3.63, 3.8) is 0 Å². The van der Waals surface area contributed by atoms with E-state index in [9.17, 15) is 9.59 Å². The first-order valence-electron chi connectivity index (χ1n) is 4.59. The summed E-state index contributed by atoms with van der Waals surface area (Å²) < 4.78 is 0. The van der Waals surface area contributed by atoms with Gasteiger partial charge in [0.1, 0.15) is 0 Å². The van der Waals surface area contributed by atoms with Gasteiger partial charge in [0.2, 0.25) is 11.8 Å². The lowest BCUT2D eigenvalue weighted by molar-refractivity contribution is -0.130. The molecule has 1 aliphatic rings. The van der Waals surface area contributed by atoms with Crippen molar-refractivity contribution in [3.8, 4) is 0 Å². The third-order valence-electron chi connectivity index (χ3n) is 2.20. The molecule has 6 heteroatoms. The third-order valence-corrected chi connectivity index (χ3v) is 2.81. The number of nitrogens with one attached hydrogen (secondary N) is 1. The third kappa shape index (κ3) is 2.13. The van der Waals surface area contributed by atoms with Gasteiger partial charge in [-0.25, -0.2) is 0 Å². The smallest absolute Gasteiger partial charge is 0.246 e. The van der Waals surface area contributed by atoms with Gasteiger partial charge in [0.15, 0.2) is 0 Å². The van der Waals surface area contributed by atoms with Crippen LogP contribution in [0.2, 0.25) is 10.0 Å². The van der Waals surface area contributed by atoms with E-state index in [1.807, 2.05) is 0 Å². The van der Waals surface area contributed by atoms with Crippen molar-refractivity contribution in [2.24, 2.45) is 0 Å². The molecular formula is C10H8Cl2N2O2. The van der Waals surface area contributed by atoms with Crippen LogP contribution in [0.1, 0.15) is 0 Å². The summed E-state index contributed by atoms with van der Waals surface area (Å²) in [5.41, 5.74) is 0.522. The van der Waals surface area contributed by atoms with Crippen LogP contribution in [0.25, 0.3) is 0 Å². The Hall–Kier alpha value is -1.26. The fraction of sp³-hybridized carbons (Fsp3) is 0.200. The molecule has 1 heterocycles. The number of amides is 2. The first-order valence-corrected chi connectivity index (χ1v) is 5.35. The summed E-state index contributed by atoms with van der Waals surface area (Å²) >= 11 is 12.0. The number of nitrogens with zero attached hydrogens (tertiary/aromatic N) is 1. The molecule has 0 radical (unpaired) electrons. The normalized spacial score (nSPS) is 16.2. The molecule has 1 aromatic rings.